The van der Waals surface area contributed by atoms with Crippen molar-refractivity contribution in [3.05, 3.63) is 35.9 Å². The van der Waals surface area contributed by atoms with Crippen molar-refractivity contribution >= 4 is 17.5 Å². The molecule has 0 saturated carbocycles. The fourth-order valence-corrected chi connectivity index (χ4v) is 2.51. The maximum absolute atomic E-state index is 12.4. The van der Waals surface area contributed by atoms with E-state index in [0.717, 1.165) is 5.56 Å². The van der Waals surface area contributed by atoms with Crippen LogP contribution in [0.2, 0.25) is 0 Å². The van der Waals surface area contributed by atoms with Gasteiger partial charge < -0.3 is 9.64 Å². The van der Waals surface area contributed by atoms with Gasteiger partial charge in [0, 0.05) is 19.4 Å². The summed E-state index contributed by atoms with van der Waals surface area (Å²) in [6.07, 6.45) is 0.609. The Morgan fingerprint density at radius 2 is 2.10 bits per heavy atom. The highest BCUT2D eigenvalue weighted by molar-refractivity contribution is 6.39. The van der Waals surface area contributed by atoms with Gasteiger partial charge in [-0.3, -0.25) is 9.59 Å². The molecule has 6 nitrogen and oxygen atoms in total. The van der Waals surface area contributed by atoms with E-state index in [2.05, 4.69) is 10.5 Å². The summed E-state index contributed by atoms with van der Waals surface area (Å²) in [5.41, 5.74) is 3.85. The van der Waals surface area contributed by atoms with Gasteiger partial charge in [-0.25, -0.2) is 5.43 Å². The van der Waals surface area contributed by atoms with E-state index in [4.69, 9.17) is 4.74 Å². The van der Waals surface area contributed by atoms with E-state index in [-0.39, 0.29) is 17.9 Å². The zero-order valence-corrected chi connectivity index (χ0v) is 11.6. The molecule has 110 valence electrons. The second kappa shape index (κ2) is 6.05. The Kier molecular flexibility index (Phi) is 3.96. The maximum atomic E-state index is 12.4. The van der Waals surface area contributed by atoms with Crippen molar-refractivity contribution in [3.63, 3.8) is 0 Å². The Bertz CT molecular complexity index is 571. The van der Waals surface area contributed by atoms with Crippen molar-refractivity contribution in [2.45, 2.75) is 18.9 Å². The molecule has 2 aliphatic rings. The lowest BCUT2D eigenvalue weighted by molar-refractivity contribution is -0.132. The van der Waals surface area contributed by atoms with Gasteiger partial charge in [-0.2, -0.15) is 5.10 Å². The fourth-order valence-electron chi connectivity index (χ4n) is 2.51. The monoisotopic (exact) mass is 287 g/mol. The van der Waals surface area contributed by atoms with Crippen molar-refractivity contribution < 1.29 is 14.3 Å². The normalized spacial score (nSPS) is 22.5. The van der Waals surface area contributed by atoms with Crippen molar-refractivity contribution in [1.29, 1.82) is 0 Å². The molecular weight excluding hydrogens is 270 g/mol. The van der Waals surface area contributed by atoms with Crippen LogP contribution < -0.4 is 5.43 Å². The van der Waals surface area contributed by atoms with Crippen LogP contribution in [0.5, 0.6) is 0 Å². The number of amides is 2. The SMILES string of the molecule is O=C1CCC(C(=O)N2CCOC(c3ccccc3)C2)=NN1. The molecule has 1 atom stereocenters. The van der Waals surface area contributed by atoms with Crippen LogP contribution in [0.25, 0.3) is 0 Å². The van der Waals surface area contributed by atoms with Gasteiger partial charge in [0.2, 0.25) is 5.91 Å². The minimum absolute atomic E-state index is 0.109. The minimum Gasteiger partial charge on any atom is -0.370 e. The minimum atomic E-state index is -0.143. The number of carbonyl (C=O) groups is 2. The van der Waals surface area contributed by atoms with Crippen molar-refractivity contribution in [2.24, 2.45) is 5.10 Å². The fraction of sp³-hybridized carbons (Fsp3) is 0.400. The Balaban J connectivity index is 1.69. The van der Waals surface area contributed by atoms with E-state index in [0.29, 0.717) is 38.2 Å². The van der Waals surface area contributed by atoms with Crippen LogP contribution in [0, 0.1) is 0 Å². The first kappa shape index (κ1) is 13.8. The number of morpholine rings is 1. The van der Waals surface area contributed by atoms with Gasteiger partial charge in [0.05, 0.1) is 13.2 Å². The largest absolute Gasteiger partial charge is 0.370 e. The average Bonchev–Trinajstić information content (AvgIpc) is 2.56. The van der Waals surface area contributed by atoms with Gasteiger partial charge in [-0.15, -0.1) is 0 Å². The van der Waals surface area contributed by atoms with Crippen molar-refractivity contribution in [2.75, 3.05) is 19.7 Å². The first-order valence-corrected chi connectivity index (χ1v) is 7.05. The van der Waals surface area contributed by atoms with Crippen LogP contribution in [0.4, 0.5) is 0 Å². The Labute approximate surface area is 122 Å². The van der Waals surface area contributed by atoms with E-state index in [1.807, 2.05) is 30.3 Å². The van der Waals surface area contributed by atoms with Gasteiger partial charge in [0.15, 0.2) is 0 Å². The smallest absolute Gasteiger partial charge is 0.270 e. The van der Waals surface area contributed by atoms with Crippen LogP contribution >= 0.6 is 0 Å². The van der Waals surface area contributed by atoms with Crippen LogP contribution in [0.1, 0.15) is 24.5 Å². The van der Waals surface area contributed by atoms with Gasteiger partial charge in [-0.05, 0) is 5.56 Å². The van der Waals surface area contributed by atoms with E-state index in [1.54, 1.807) is 4.90 Å². The number of benzene rings is 1. The lowest BCUT2D eigenvalue weighted by Gasteiger charge is -2.33. The third-order valence-electron chi connectivity index (χ3n) is 3.68. The molecular formula is C15H17N3O3. The van der Waals surface area contributed by atoms with Crippen LogP contribution in [0.15, 0.2) is 35.4 Å². The van der Waals surface area contributed by atoms with Crippen molar-refractivity contribution in [1.82, 2.24) is 10.3 Å². The van der Waals surface area contributed by atoms with E-state index in [1.165, 1.54) is 0 Å². The molecule has 2 aliphatic heterocycles. The zero-order chi connectivity index (χ0) is 14.7. The van der Waals surface area contributed by atoms with Crippen LogP contribution in [0.3, 0.4) is 0 Å². The molecule has 1 aromatic carbocycles. The second-order valence-electron chi connectivity index (χ2n) is 5.11. The number of rotatable bonds is 2. The summed E-state index contributed by atoms with van der Waals surface area (Å²) in [5, 5.41) is 3.87. The molecule has 0 radical (unpaired) electrons. The van der Waals surface area contributed by atoms with Gasteiger partial charge >= 0.3 is 0 Å². The number of carbonyl (C=O) groups excluding carboxylic acids is 2. The number of nitrogens with zero attached hydrogens (tertiary/aromatic N) is 2. The second-order valence-corrected chi connectivity index (χ2v) is 5.11. The number of ether oxygens (including phenoxy) is 1. The predicted molar refractivity (Wildman–Crippen MR) is 76.5 cm³/mol. The molecule has 21 heavy (non-hydrogen) atoms. The summed E-state index contributed by atoms with van der Waals surface area (Å²) >= 11 is 0. The molecule has 0 aliphatic carbocycles. The molecule has 1 fully saturated rings. The maximum Gasteiger partial charge on any atom is 0.270 e. The molecule has 1 saturated heterocycles. The topological polar surface area (TPSA) is 71.0 Å². The van der Waals surface area contributed by atoms with Crippen LogP contribution in [-0.2, 0) is 14.3 Å². The number of hydrogen-bond donors (Lipinski definition) is 1. The number of nitrogens with one attached hydrogen (secondary N) is 1. The Morgan fingerprint density at radius 1 is 1.29 bits per heavy atom. The molecule has 0 aromatic heterocycles. The highest BCUT2D eigenvalue weighted by atomic mass is 16.5. The predicted octanol–water partition coefficient (Wildman–Crippen LogP) is 0.852. The molecule has 2 heterocycles. The summed E-state index contributed by atoms with van der Waals surface area (Å²) in [5.74, 6) is -0.255. The third kappa shape index (κ3) is 3.11. The lowest BCUT2D eigenvalue weighted by atomic mass is 10.1. The first-order chi connectivity index (χ1) is 10.2. The highest BCUT2D eigenvalue weighted by Crippen LogP contribution is 2.22. The average molecular weight is 287 g/mol. The van der Waals surface area contributed by atoms with Crippen LogP contribution in [-0.4, -0.2) is 42.1 Å². The first-order valence-electron chi connectivity index (χ1n) is 7.05. The Morgan fingerprint density at radius 3 is 2.81 bits per heavy atom. The molecule has 3 rings (SSSR count). The Hall–Kier alpha value is -2.21. The van der Waals surface area contributed by atoms with E-state index in [9.17, 15) is 9.59 Å². The van der Waals surface area contributed by atoms with Gasteiger partial charge in [0.25, 0.3) is 5.91 Å². The third-order valence-corrected chi connectivity index (χ3v) is 3.68. The van der Waals surface area contributed by atoms with E-state index < -0.39 is 0 Å². The summed E-state index contributed by atoms with van der Waals surface area (Å²) in [4.78, 5) is 25.3. The molecule has 1 N–H and O–H groups in total. The van der Waals surface area contributed by atoms with Gasteiger partial charge in [0.1, 0.15) is 11.8 Å². The number of hydrogen-bond acceptors (Lipinski definition) is 4. The molecule has 0 bridgehead atoms. The summed E-state index contributed by atoms with van der Waals surface area (Å²) in [6, 6.07) is 9.86. The van der Waals surface area contributed by atoms with E-state index >= 15 is 0 Å². The zero-order valence-electron chi connectivity index (χ0n) is 11.6. The van der Waals surface area contributed by atoms with Gasteiger partial charge in [-0.1, -0.05) is 30.3 Å². The molecule has 1 unspecified atom stereocenters. The quantitative estimate of drug-likeness (QED) is 0.876. The summed E-state index contributed by atoms with van der Waals surface area (Å²) < 4.78 is 5.75. The number of hydrazone groups is 1. The molecule has 1 aromatic rings. The van der Waals surface area contributed by atoms with Crippen molar-refractivity contribution in [3.8, 4) is 0 Å². The molecule has 6 heteroatoms. The lowest BCUT2D eigenvalue weighted by Crippen LogP contribution is -2.46. The molecule has 2 amide bonds. The summed E-state index contributed by atoms with van der Waals surface area (Å²) in [7, 11) is 0. The molecule has 0 spiro atoms. The highest BCUT2D eigenvalue weighted by Gasteiger charge is 2.29. The summed E-state index contributed by atoms with van der Waals surface area (Å²) in [6.45, 7) is 1.57. The standard InChI is InChI=1S/C15H17N3O3/c19-14-7-6-12(16-17-14)15(20)18-8-9-21-13(10-18)11-4-2-1-3-5-11/h1-5,13H,6-10H2,(H,17,19).